The smallest absolute Gasteiger partial charge is 0.207 e. The summed E-state index contributed by atoms with van der Waals surface area (Å²) in [5.74, 6) is -1.32. The molecule has 2 fully saturated rings. The lowest BCUT2D eigenvalue weighted by atomic mass is 9.80. The zero-order valence-electron chi connectivity index (χ0n) is 6.65. The first kappa shape index (κ1) is 7.51. The Labute approximate surface area is 66.0 Å². The molecule has 2 aliphatic rings. The van der Waals surface area contributed by atoms with Crippen LogP contribution in [0.15, 0.2) is 0 Å². The molecule has 0 unspecified atom stereocenters. The summed E-state index contributed by atoms with van der Waals surface area (Å²) < 4.78 is 25.7. The average Bonchev–Trinajstić information content (AvgIpc) is 2.31. The van der Waals surface area contributed by atoms with Crippen molar-refractivity contribution in [3.63, 3.8) is 0 Å². The Morgan fingerprint density at radius 1 is 1.00 bits per heavy atom. The summed E-state index contributed by atoms with van der Waals surface area (Å²) in [5.41, 5.74) is 0. The minimum atomic E-state index is -2.33. The van der Waals surface area contributed by atoms with E-state index in [2.05, 4.69) is 0 Å². The van der Waals surface area contributed by atoms with Gasteiger partial charge in [0.2, 0.25) is 5.92 Å². The van der Waals surface area contributed by atoms with E-state index in [1.54, 1.807) is 0 Å². The Bertz CT molecular complexity index is 154. The van der Waals surface area contributed by atoms with Gasteiger partial charge in [0.1, 0.15) is 0 Å². The highest BCUT2D eigenvalue weighted by molar-refractivity contribution is 4.87. The number of alkyl halides is 2. The van der Waals surface area contributed by atoms with E-state index in [1.807, 2.05) is 0 Å². The summed E-state index contributed by atoms with van der Waals surface area (Å²) in [6.07, 6.45) is 4.55. The van der Waals surface area contributed by atoms with E-state index in [0.717, 1.165) is 12.8 Å². The van der Waals surface area contributed by atoms with Crippen molar-refractivity contribution >= 4 is 0 Å². The second kappa shape index (κ2) is 2.43. The molecule has 0 aromatic carbocycles. The standard InChI is InChI=1S/C9H14F2/c10-9(11)5-4-7-2-1-3-8(7)6-9/h7-8H,1-6H2/t7-,8+/m0/s1. The van der Waals surface area contributed by atoms with E-state index >= 15 is 0 Å². The van der Waals surface area contributed by atoms with Gasteiger partial charge in [0.15, 0.2) is 0 Å². The van der Waals surface area contributed by atoms with Crippen LogP contribution < -0.4 is 0 Å². The fraction of sp³-hybridized carbons (Fsp3) is 1.00. The molecule has 2 saturated carbocycles. The summed E-state index contributed by atoms with van der Waals surface area (Å²) >= 11 is 0. The molecule has 11 heavy (non-hydrogen) atoms. The fourth-order valence-electron chi connectivity index (χ4n) is 2.64. The summed E-state index contributed by atoms with van der Waals surface area (Å²) in [7, 11) is 0. The molecule has 0 bridgehead atoms. The third-order valence-corrected chi connectivity index (χ3v) is 3.26. The lowest BCUT2D eigenvalue weighted by Crippen LogP contribution is -2.29. The van der Waals surface area contributed by atoms with Gasteiger partial charge in [-0.3, -0.25) is 0 Å². The van der Waals surface area contributed by atoms with Crippen molar-refractivity contribution in [3.05, 3.63) is 0 Å². The monoisotopic (exact) mass is 160 g/mol. The molecule has 0 radical (unpaired) electrons. The molecular formula is C9H14F2. The zero-order valence-corrected chi connectivity index (χ0v) is 6.65. The second-order valence-corrected chi connectivity index (χ2v) is 4.05. The largest absolute Gasteiger partial charge is 0.248 e. The van der Waals surface area contributed by atoms with E-state index in [0.29, 0.717) is 11.8 Å². The van der Waals surface area contributed by atoms with Gasteiger partial charge in [0, 0.05) is 12.8 Å². The van der Waals surface area contributed by atoms with E-state index in [9.17, 15) is 8.78 Å². The lowest BCUT2D eigenvalue weighted by Gasteiger charge is -2.31. The van der Waals surface area contributed by atoms with Gasteiger partial charge in [-0.2, -0.15) is 0 Å². The third kappa shape index (κ3) is 1.40. The highest BCUT2D eigenvalue weighted by Crippen LogP contribution is 2.47. The molecule has 0 aromatic rings. The quantitative estimate of drug-likeness (QED) is 0.510. The van der Waals surface area contributed by atoms with Crippen molar-refractivity contribution in [2.75, 3.05) is 0 Å². The molecule has 2 atom stereocenters. The fourth-order valence-corrected chi connectivity index (χ4v) is 2.64. The number of rotatable bonds is 0. The van der Waals surface area contributed by atoms with Gasteiger partial charge in [0.25, 0.3) is 0 Å². The SMILES string of the molecule is FC1(F)CC[C@@H]2CCC[C@@H]2C1. The first-order valence-electron chi connectivity index (χ1n) is 4.55. The van der Waals surface area contributed by atoms with Crippen molar-refractivity contribution in [2.45, 2.75) is 44.4 Å². The molecule has 64 valence electrons. The van der Waals surface area contributed by atoms with Crippen LogP contribution >= 0.6 is 0 Å². The lowest BCUT2D eigenvalue weighted by molar-refractivity contribution is -0.0634. The average molecular weight is 160 g/mol. The minimum absolute atomic E-state index is 0.147. The molecule has 0 N–H and O–H groups in total. The first-order chi connectivity index (χ1) is 5.17. The van der Waals surface area contributed by atoms with E-state index < -0.39 is 5.92 Å². The third-order valence-electron chi connectivity index (χ3n) is 3.26. The van der Waals surface area contributed by atoms with Crippen molar-refractivity contribution in [1.82, 2.24) is 0 Å². The van der Waals surface area contributed by atoms with Crippen LogP contribution in [0.4, 0.5) is 8.78 Å². The number of fused-ring (bicyclic) bond motifs is 1. The predicted octanol–water partition coefficient (Wildman–Crippen LogP) is 3.22. The maximum absolute atomic E-state index is 12.8. The Hall–Kier alpha value is -0.140. The molecule has 0 aromatic heterocycles. The first-order valence-corrected chi connectivity index (χ1v) is 4.55. The topological polar surface area (TPSA) is 0 Å². The molecule has 0 heterocycles. The number of halogens is 2. The van der Waals surface area contributed by atoms with Crippen LogP contribution in [0.5, 0.6) is 0 Å². The van der Waals surface area contributed by atoms with Crippen molar-refractivity contribution in [3.8, 4) is 0 Å². The van der Waals surface area contributed by atoms with Gasteiger partial charge >= 0.3 is 0 Å². The molecule has 2 rings (SSSR count). The minimum Gasteiger partial charge on any atom is -0.207 e. The van der Waals surface area contributed by atoms with Crippen molar-refractivity contribution in [2.24, 2.45) is 11.8 Å². The van der Waals surface area contributed by atoms with Crippen molar-refractivity contribution in [1.29, 1.82) is 0 Å². The predicted molar refractivity (Wildman–Crippen MR) is 39.6 cm³/mol. The summed E-state index contributed by atoms with van der Waals surface area (Å²) in [4.78, 5) is 0. The highest BCUT2D eigenvalue weighted by atomic mass is 19.3. The Morgan fingerprint density at radius 3 is 2.55 bits per heavy atom. The van der Waals surface area contributed by atoms with Crippen LogP contribution in [-0.4, -0.2) is 5.92 Å². The van der Waals surface area contributed by atoms with Crippen LogP contribution in [0.2, 0.25) is 0 Å². The molecule has 2 aliphatic carbocycles. The second-order valence-electron chi connectivity index (χ2n) is 4.05. The Balaban J connectivity index is 2.02. The molecular weight excluding hydrogens is 146 g/mol. The van der Waals surface area contributed by atoms with Gasteiger partial charge in [-0.1, -0.05) is 12.8 Å². The van der Waals surface area contributed by atoms with Crippen LogP contribution in [0.3, 0.4) is 0 Å². The zero-order chi connectivity index (χ0) is 7.90. The Morgan fingerprint density at radius 2 is 1.73 bits per heavy atom. The van der Waals surface area contributed by atoms with Gasteiger partial charge in [-0.05, 0) is 24.7 Å². The maximum Gasteiger partial charge on any atom is 0.248 e. The van der Waals surface area contributed by atoms with Crippen LogP contribution in [0, 0.1) is 11.8 Å². The van der Waals surface area contributed by atoms with Crippen molar-refractivity contribution < 1.29 is 8.78 Å². The normalized spacial score (nSPS) is 42.0. The number of hydrogen-bond acceptors (Lipinski definition) is 0. The Kier molecular flexibility index (Phi) is 1.66. The van der Waals surface area contributed by atoms with E-state index in [1.165, 1.54) is 12.8 Å². The van der Waals surface area contributed by atoms with Gasteiger partial charge in [0.05, 0.1) is 0 Å². The molecule has 0 aliphatic heterocycles. The summed E-state index contributed by atoms with van der Waals surface area (Å²) in [6, 6.07) is 0. The highest BCUT2D eigenvalue weighted by Gasteiger charge is 2.42. The van der Waals surface area contributed by atoms with Crippen LogP contribution in [0.25, 0.3) is 0 Å². The van der Waals surface area contributed by atoms with Crippen LogP contribution in [-0.2, 0) is 0 Å². The molecule has 0 spiro atoms. The van der Waals surface area contributed by atoms with Gasteiger partial charge in [-0.25, -0.2) is 8.78 Å². The summed E-state index contributed by atoms with van der Waals surface area (Å²) in [6.45, 7) is 0. The maximum atomic E-state index is 12.8. The molecule has 2 heteroatoms. The van der Waals surface area contributed by atoms with E-state index in [4.69, 9.17) is 0 Å². The number of hydrogen-bond donors (Lipinski definition) is 0. The molecule has 0 amide bonds. The molecule has 0 saturated heterocycles. The molecule has 0 nitrogen and oxygen atoms in total. The van der Waals surface area contributed by atoms with E-state index in [-0.39, 0.29) is 12.8 Å². The van der Waals surface area contributed by atoms with Gasteiger partial charge in [-0.15, -0.1) is 0 Å². The van der Waals surface area contributed by atoms with Crippen LogP contribution in [0.1, 0.15) is 38.5 Å². The summed E-state index contributed by atoms with van der Waals surface area (Å²) in [5, 5.41) is 0. The van der Waals surface area contributed by atoms with Gasteiger partial charge < -0.3 is 0 Å².